The van der Waals surface area contributed by atoms with Crippen molar-refractivity contribution in [2.75, 3.05) is 19.7 Å². The summed E-state index contributed by atoms with van der Waals surface area (Å²) in [6.07, 6.45) is 0.833. The average molecular weight is 326 g/mol. The minimum absolute atomic E-state index is 0.0788. The number of halogens is 1. The van der Waals surface area contributed by atoms with Gasteiger partial charge >= 0.3 is 5.97 Å². The van der Waals surface area contributed by atoms with Crippen molar-refractivity contribution in [2.24, 2.45) is 11.8 Å². The van der Waals surface area contributed by atoms with Crippen LogP contribution in [0.3, 0.4) is 0 Å². The molecule has 0 radical (unpaired) electrons. The van der Waals surface area contributed by atoms with Gasteiger partial charge in [0, 0.05) is 13.1 Å². The molecule has 2 unspecified atom stereocenters. The molecule has 0 aliphatic carbocycles. The lowest BCUT2D eigenvalue weighted by Crippen LogP contribution is -2.45. The molecule has 22 heavy (non-hydrogen) atoms. The molecule has 1 heterocycles. The first-order valence-electron chi connectivity index (χ1n) is 7.35. The third kappa shape index (κ3) is 4.37. The minimum atomic E-state index is -0.836. The number of carboxylic acid groups (broad SMARTS) is 1. The molecule has 0 spiro atoms. The van der Waals surface area contributed by atoms with E-state index in [2.05, 4.69) is 0 Å². The summed E-state index contributed by atoms with van der Waals surface area (Å²) in [6, 6.07) is 7.09. The molecule has 1 fully saturated rings. The highest BCUT2D eigenvalue weighted by atomic mass is 35.5. The SMILES string of the molecule is CC1CC(C(=O)O)CN(C(=O)CCOc2ccccc2Cl)C1. The fraction of sp³-hybridized carbons (Fsp3) is 0.500. The number of benzene rings is 1. The molecule has 2 rings (SSSR count). The Bertz CT molecular complexity index is 549. The largest absolute Gasteiger partial charge is 0.491 e. The number of rotatable bonds is 5. The van der Waals surface area contributed by atoms with Gasteiger partial charge in [0.05, 0.1) is 24.0 Å². The van der Waals surface area contributed by atoms with E-state index in [4.69, 9.17) is 21.4 Å². The van der Waals surface area contributed by atoms with E-state index in [9.17, 15) is 9.59 Å². The molecule has 1 amide bonds. The maximum absolute atomic E-state index is 12.2. The average Bonchev–Trinajstić information content (AvgIpc) is 2.48. The van der Waals surface area contributed by atoms with Crippen molar-refractivity contribution in [1.29, 1.82) is 0 Å². The maximum Gasteiger partial charge on any atom is 0.308 e. The van der Waals surface area contributed by atoms with Crippen molar-refractivity contribution >= 4 is 23.5 Å². The number of amides is 1. The Balaban J connectivity index is 1.84. The number of hydrogen-bond acceptors (Lipinski definition) is 3. The van der Waals surface area contributed by atoms with Crippen LogP contribution >= 0.6 is 11.6 Å². The van der Waals surface area contributed by atoms with Gasteiger partial charge in [0.25, 0.3) is 0 Å². The molecule has 5 nitrogen and oxygen atoms in total. The summed E-state index contributed by atoms with van der Waals surface area (Å²) in [5.41, 5.74) is 0. The molecule has 1 N–H and O–H groups in total. The number of carbonyl (C=O) groups excluding carboxylic acids is 1. The van der Waals surface area contributed by atoms with Gasteiger partial charge in [-0.25, -0.2) is 0 Å². The van der Waals surface area contributed by atoms with Crippen LogP contribution in [0, 0.1) is 11.8 Å². The van der Waals surface area contributed by atoms with Crippen LogP contribution in [0.2, 0.25) is 5.02 Å². The zero-order valence-corrected chi connectivity index (χ0v) is 13.3. The van der Waals surface area contributed by atoms with Crippen LogP contribution in [0.25, 0.3) is 0 Å². The standard InChI is InChI=1S/C16H20ClNO4/c1-11-8-12(16(20)21)10-18(9-11)15(19)6-7-22-14-5-3-2-4-13(14)17/h2-5,11-12H,6-10H2,1H3,(H,20,21). The second-order valence-corrected chi connectivity index (χ2v) is 6.11. The second kappa shape index (κ2) is 7.49. The quantitative estimate of drug-likeness (QED) is 0.903. The Kier molecular flexibility index (Phi) is 5.66. The van der Waals surface area contributed by atoms with Gasteiger partial charge in [-0.2, -0.15) is 0 Å². The Hall–Kier alpha value is -1.75. The minimum Gasteiger partial charge on any atom is -0.491 e. The highest BCUT2D eigenvalue weighted by Gasteiger charge is 2.31. The predicted molar refractivity (Wildman–Crippen MR) is 83.1 cm³/mol. The fourth-order valence-corrected chi connectivity index (χ4v) is 2.89. The zero-order chi connectivity index (χ0) is 16.1. The number of carbonyl (C=O) groups is 2. The van der Waals surface area contributed by atoms with Gasteiger partial charge in [-0.3, -0.25) is 9.59 Å². The molecule has 1 aromatic carbocycles. The monoisotopic (exact) mass is 325 g/mol. The number of piperidine rings is 1. The Morgan fingerprint density at radius 3 is 2.77 bits per heavy atom. The molecule has 120 valence electrons. The van der Waals surface area contributed by atoms with E-state index in [0.717, 1.165) is 0 Å². The Morgan fingerprint density at radius 1 is 1.36 bits per heavy atom. The lowest BCUT2D eigenvalue weighted by Gasteiger charge is -2.34. The summed E-state index contributed by atoms with van der Waals surface area (Å²) in [4.78, 5) is 25.0. The normalized spacial score (nSPS) is 21.5. The molecule has 0 bridgehead atoms. The van der Waals surface area contributed by atoms with E-state index >= 15 is 0 Å². The van der Waals surface area contributed by atoms with Gasteiger partial charge < -0.3 is 14.7 Å². The van der Waals surface area contributed by atoms with Crippen LogP contribution in [0.4, 0.5) is 0 Å². The first-order chi connectivity index (χ1) is 10.5. The molecular formula is C16H20ClNO4. The molecule has 0 aromatic heterocycles. The molecule has 1 aliphatic rings. The third-order valence-corrected chi connectivity index (χ3v) is 4.08. The van der Waals surface area contributed by atoms with Crippen LogP contribution in [0.1, 0.15) is 19.8 Å². The lowest BCUT2D eigenvalue weighted by atomic mass is 9.90. The van der Waals surface area contributed by atoms with Gasteiger partial charge in [0.2, 0.25) is 5.91 Å². The third-order valence-electron chi connectivity index (χ3n) is 3.77. The molecule has 1 aliphatic heterocycles. The summed E-state index contributed by atoms with van der Waals surface area (Å²) in [7, 11) is 0. The highest BCUT2D eigenvalue weighted by Crippen LogP contribution is 2.24. The van der Waals surface area contributed by atoms with Crippen molar-refractivity contribution in [3.63, 3.8) is 0 Å². The van der Waals surface area contributed by atoms with E-state index in [0.29, 0.717) is 23.7 Å². The van der Waals surface area contributed by atoms with Gasteiger partial charge in [-0.15, -0.1) is 0 Å². The topological polar surface area (TPSA) is 66.8 Å². The van der Waals surface area contributed by atoms with E-state index in [1.54, 1.807) is 17.0 Å². The summed E-state index contributed by atoms with van der Waals surface area (Å²) < 4.78 is 5.50. The van der Waals surface area contributed by atoms with Crippen molar-refractivity contribution in [1.82, 2.24) is 4.90 Å². The first kappa shape index (κ1) is 16.6. The van der Waals surface area contributed by atoms with Gasteiger partial charge in [-0.1, -0.05) is 30.7 Å². The number of carboxylic acids is 1. The van der Waals surface area contributed by atoms with Crippen LogP contribution in [0.15, 0.2) is 24.3 Å². The number of likely N-dealkylation sites (tertiary alicyclic amines) is 1. The van der Waals surface area contributed by atoms with E-state index < -0.39 is 11.9 Å². The predicted octanol–water partition coefficient (Wildman–Crippen LogP) is 2.68. The molecule has 6 heteroatoms. The smallest absolute Gasteiger partial charge is 0.308 e. The van der Waals surface area contributed by atoms with Gasteiger partial charge in [0.1, 0.15) is 5.75 Å². The van der Waals surface area contributed by atoms with Crippen LogP contribution in [-0.2, 0) is 9.59 Å². The van der Waals surface area contributed by atoms with E-state index in [1.807, 2.05) is 19.1 Å². The molecular weight excluding hydrogens is 306 g/mol. The maximum atomic E-state index is 12.2. The fourth-order valence-electron chi connectivity index (χ4n) is 2.70. The van der Waals surface area contributed by atoms with Crippen LogP contribution in [0.5, 0.6) is 5.75 Å². The highest BCUT2D eigenvalue weighted by molar-refractivity contribution is 6.32. The zero-order valence-electron chi connectivity index (χ0n) is 12.5. The number of para-hydroxylation sites is 1. The van der Waals surface area contributed by atoms with Gasteiger partial charge in [-0.05, 0) is 24.5 Å². The molecule has 1 aromatic rings. The Labute approximate surface area is 134 Å². The summed E-state index contributed by atoms with van der Waals surface area (Å²) in [5.74, 6) is -0.644. The van der Waals surface area contributed by atoms with Crippen molar-refractivity contribution in [3.05, 3.63) is 29.3 Å². The number of ether oxygens (including phenoxy) is 1. The first-order valence-corrected chi connectivity index (χ1v) is 7.73. The second-order valence-electron chi connectivity index (χ2n) is 5.70. The number of nitrogens with zero attached hydrogens (tertiary/aromatic N) is 1. The summed E-state index contributed by atoms with van der Waals surface area (Å²) in [6.45, 7) is 3.08. The number of hydrogen-bond donors (Lipinski definition) is 1. The Morgan fingerprint density at radius 2 is 2.09 bits per heavy atom. The van der Waals surface area contributed by atoms with Crippen LogP contribution in [-0.4, -0.2) is 41.6 Å². The summed E-state index contributed by atoms with van der Waals surface area (Å²) in [5, 5.41) is 9.64. The van der Waals surface area contributed by atoms with Crippen molar-refractivity contribution in [2.45, 2.75) is 19.8 Å². The molecule has 0 saturated carbocycles. The van der Waals surface area contributed by atoms with Crippen molar-refractivity contribution < 1.29 is 19.4 Å². The lowest BCUT2D eigenvalue weighted by molar-refractivity contribution is -0.147. The van der Waals surface area contributed by atoms with E-state index in [-0.39, 0.29) is 31.4 Å². The summed E-state index contributed by atoms with van der Waals surface area (Å²) >= 11 is 5.98. The van der Waals surface area contributed by atoms with Crippen LogP contribution < -0.4 is 4.74 Å². The number of aliphatic carboxylic acids is 1. The van der Waals surface area contributed by atoms with Crippen molar-refractivity contribution in [3.8, 4) is 5.75 Å². The molecule has 1 saturated heterocycles. The van der Waals surface area contributed by atoms with Gasteiger partial charge in [0.15, 0.2) is 0 Å². The molecule has 2 atom stereocenters. The van der Waals surface area contributed by atoms with E-state index in [1.165, 1.54) is 0 Å².